The molecule has 0 unspecified atom stereocenters. The van der Waals surface area contributed by atoms with Crippen LogP contribution in [-0.2, 0) is 11.3 Å². The highest BCUT2D eigenvalue weighted by Crippen LogP contribution is 2.21. The molecule has 2 heterocycles. The minimum absolute atomic E-state index is 0.0496. The third kappa shape index (κ3) is 3.13. The van der Waals surface area contributed by atoms with Crippen LogP contribution in [0.5, 0.6) is 0 Å². The van der Waals surface area contributed by atoms with Crippen LogP contribution in [0.4, 0.5) is 5.13 Å². The highest BCUT2D eigenvalue weighted by atomic mass is 32.1. The van der Waals surface area contributed by atoms with Crippen LogP contribution in [0.3, 0.4) is 0 Å². The summed E-state index contributed by atoms with van der Waals surface area (Å²) in [7, 11) is 1.84. The average molecular weight is 255 g/mol. The maximum atomic E-state index is 11.0. The van der Waals surface area contributed by atoms with Gasteiger partial charge < -0.3 is 11.1 Å². The normalized spacial score (nSPS) is 18.2. The minimum atomic E-state index is -0.168. The molecule has 94 valence electrons. The van der Waals surface area contributed by atoms with Gasteiger partial charge in [-0.05, 0) is 25.9 Å². The van der Waals surface area contributed by atoms with E-state index in [4.69, 9.17) is 5.73 Å². The molecule has 7 heteroatoms. The van der Waals surface area contributed by atoms with Crippen LogP contribution < -0.4 is 11.1 Å². The lowest BCUT2D eigenvalue weighted by Gasteiger charge is -2.29. The van der Waals surface area contributed by atoms with Gasteiger partial charge in [-0.15, -0.1) is 10.2 Å². The summed E-state index contributed by atoms with van der Waals surface area (Å²) < 4.78 is 0. The zero-order valence-corrected chi connectivity index (χ0v) is 10.7. The fourth-order valence-electron chi connectivity index (χ4n) is 1.99. The van der Waals surface area contributed by atoms with E-state index in [0.29, 0.717) is 0 Å². The third-order valence-electron chi connectivity index (χ3n) is 3.03. The number of primary amides is 1. The van der Waals surface area contributed by atoms with Crippen molar-refractivity contribution < 1.29 is 4.79 Å². The Balaban J connectivity index is 1.83. The van der Waals surface area contributed by atoms with Crippen LogP contribution in [0.2, 0.25) is 0 Å². The van der Waals surface area contributed by atoms with Crippen molar-refractivity contribution in [3.8, 4) is 0 Å². The van der Waals surface area contributed by atoms with Crippen molar-refractivity contribution in [1.82, 2.24) is 15.1 Å². The van der Waals surface area contributed by atoms with Crippen molar-refractivity contribution in [2.75, 3.05) is 25.5 Å². The average Bonchev–Trinajstić information content (AvgIpc) is 2.77. The molecule has 0 atom stereocenters. The number of rotatable bonds is 4. The molecule has 0 aromatic carbocycles. The number of carbonyl (C=O) groups is 1. The summed E-state index contributed by atoms with van der Waals surface area (Å²) in [6, 6.07) is 0. The third-order valence-corrected chi connectivity index (χ3v) is 3.96. The first kappa shape index (κ1) is 12.3. The van der Waals surface area contributed by atoms with E-state index in [1.807, 2.05) is 7.05 Å². The van der Waals surface area contributed by atoms with Gasteiger partial charge in [-0.2, -0.15) is 0 Å². The quantitative estimate of drug-likeness (QED) is 0.807. The first-order valence-electron chi connectivity index (χ1n) is 5.71. The maximum Gasteiger partial charge on any atom is 0.220 e. The van der Waals surface area contributed by atoms with Crippen molar-refractivity contribution in [3.63, 3.8) is 0 Å². The molecule has 1 aliphatic rings. The van der Waals surface area contributed by atoms with E-state index in [1.165, 1.54) is 0 Å². The molecule has 1 aromatic rings. The second-order valence-corrected chi connectivity index (χ2v) is 5.27. The molecule has 1 aliphatic heterocycles. The Labute approximate surface area is 104 Å². The van der Waals surface area contributed by atoms with Crippen molar-refractivity contribution in [3.05, 3.63) is 5.01 Å². The number of likely N-dealkylation sites (tertiary alicyclic amines) is 1. The van der Waals surface area contributed by atoms with Crippen LogP contribution in [0.1, 0.15) is 17.8 Å². The maximum absolute atomic E-state index is 11.0. The molecule has 0 spiro atoms. The Kier molecular flexibility index (Phi) is 3.90. The van der Waals surface area contributed by atoms with Gasteiger partial charge >= 0.3 is 0 Å². The number of carbonyl (C=O) groups excluding carboxylic acids is 1. The summed E-state index contributed by atoms with van der Waals surface area (Å²) in [5, 5.41) is 12.9. The van der Waals surface area contributed by atoms with Gasteiger partial charge in [0.15, 0.2) is 0 Å². The summed E-state index contributed by atoms with van der Waals surface area (Å²) >= 11 is 1.57. The molecule has 6 nitrogen and oxygen atoms in total. The van der Waals surface area contributed by atoms with Gasteiger partial charge in [0.1, 0.15) is 5.01 Å². The molecule has 1 fully saturated rings. The van der Waals surface area contributed by atoms with E-state index >= 15 is 0 Å². The highest BCUT2D eigenvalue weighted by molar-refractivity contribution is 7.15. The summed E-state index contributed by atoms with van der Waals surface area (Å²) in [6.45, 7) is 2.62. The van der Waals surface area contributed by atoms with Crippen LogP contribution in [0.15, 0.2) is 0 Å². The molecule has 3 N–H and O–H groups in total. The van der Waals surface area contributed by atoms with Crippen molar-refractivity contribution >= 4 is 22.4 Å². The molecule has 1 saturated heterocycles. The van der Waals surface area contributed by atoms with Crippen LogP contribution in [-0.4, -0.2) is 41.1 Å². The Hall–Kier alpha value is -1.21. The minimum Gasteiger partial charge on any atom is -0.369 e. The molecule has 1 aromatic heterocycles. The number of nitrogens with zero attached hydrogens (tertiary/aromatic N) is 3. The predicted molar refractivity (Wildman–Crippen MR) is 66.7 cm³/mol. The van der Waals surface area contributed by atoms with E-state index in [9.17, 15) is 4.79 Å². The van der Waals surface area contributed by atoms with Crippen LogP contribution in [0.25, 0.3) is 0 Å². The fraction of sp³-hybridized carbons (Fsp3) is 0.700. The second kappa shape index (κ2) is 5.42. The van der Waals surface area contributed by atoms with Gasteiger partial charge in [-0.25, -0.2) is 0 Å². The molecule has 1 amide bonds. The fourth-order valence-corrected chi connectivity index (χ4v) is 2.72. The van der Waals surface area contributed by atoms with E-state index in [2.05, 4.69) is 20.4 Å². The molecule has 0 bridgehead atoms. The van der Waals surface area contributed by atoms with E-state index < -0.39 is 0 Å². The van der Waals surface area contributed by atoms with E-state index in [-0.39, 0.29) is 11.8 Å². The smallest absolute Gasteiger partial charge is 0.220 e. The lowest BCUT2D eigenvalue weighted by Crippen LogP contribution is -2.38. The van der Waals surface area contributed by atoms with Crippen molar-refractivity contribution in [2.45, 2.75) is 19.4 Å². The summed E-state index contributed by atoms with van der Waals surface area (Å²) in [6.07, 6.45) is 1.71. The first-order chi connectivity index (χ1) is 8.19. The zero-order valence-electron chi connectivity index (χ0n) is 9.85. The van der Waals surface area contributed by atoms with Crippen LogP contribution in [0, 0.1) is 5.92 Å². The SMILES string of the molecule is CNc1nnc(CN2CCC(C(N)=O)CC2)s1. The number of nitrogens with one attached hydrogen (secondary N) is 1. The highest BCUT2D eigenvalue weighted by Gasteiger charge is 2.23. The Morgan fingerprint density at radius 3 is 2.76 bits per heavy atom. The van der Waals surface area contributed by atoms with Gasteiger partial charge in [0.2, 0.25) is 11.0 Å². The Morgan fingerprint density at radius 2 is 2.24 bits per heavy atom. The predicted octanol–water partition coefficient (Wildman–Crippen LogP) is 0.277. The van der Waals surface area contributed by atoms with Gasteiger partial charge in [0.25, 0.3) is 0 Å². The molecule has 0 aliphatic carbocycles. The van der Waals surface area contributed by atoms with Gasteiger partial charge in [-0.1, -0.05) is 11.3 Å². The lowest BCUT2D eigenvalue weighted by atomic mass is 9.96. The standard InChI is InChI=1S/C10H17N5OS/c1-12-10-14-13-8(17-10)6-15-4-2-7(3-5-15)9(11)16/h7H,2-6H2,1H3,(H2,11,16)(H,12,14). The number of amides is 1. The molecule has 0 radical (unpaired) electrons. The summed E-state index contributed by atoms with van der Waals surface area (Å²) in [4.78, 5) is 13.3. The van der Waals surface area contributed by atoms with E-state index in [1.54, 1.807) is 11.3 Å². The number of hydrogen-bond acceptors (Lipinski definition) is 6. The number of hydrogen-bond donors (Lipinski definition) is 2. The van der Waals surface area contributed by atoms with Gasteiger partial charge in [0, 0.05) is 13.0 Å². The first-order valence-corrected chi connectivity index (χ1v) is 6.52. The molecular formula is C10H17N5OS. The molecule has 17 heavy (non-hydrogen) atoms. The van der Waals surface area contributed by atoms with Crippen LogP contribution >= 0.6 is 11.3 Å². The number of anilines is 1. The molecule has 0 saturated carbocycles. The topological polar surface area (TPSA) is 84.1 Å². The van der Waals surface area contributed by atoms with Crippen molar-refractivity contribution in [2.24, 2.45) is 11.7 Å². The number of aromatic nitrogens is 2. The lowest BCUT2D eigenvalue weighted by molar-refractivity contribution is -0.123. The second-order valence-electron chi connectivity index (χ2n) is 4.20. The largest absolute Gasteiger partial charge is 0.369 e. The molecular weight excluding hydrogens is 238 g/mol. The van der Waals surface area contributed by atoms with Gasteiger partial charge in [0.05, 0.1) is 6.54 Å². The Bertz CT molecular complexity index is 386. The summed E-state index contributed by atoms with van der Waals surface area (Å²) in [5.41, 5.74) is 5.30. The number of nitrogens with two attached hydrogens (primary N) is 1. The Morgan fingerprint density at radius 1 is 1.53 bits per heavy atom. The zero-order chi connectivity index (χ0) is 12.3. The van der Waals surface area contributed by atoms with Crippen molar-refractivity contribution in [1.29, 1.82) is 0 Å². The molecule has 2 rings (SSSR count). The monoisotopic (exact) mass is 255 g/mol. The van der Waals surface area contributed by atoms with Gasteiger partial charge in [-0.3, -0.25) is 9.69 Å². The number of piperidine rings is 1. The van der Waals surface area contributed by atoms with E-state index in [0.717, 1.165) is 42.6 Å². The summed E-state index contributed by atoms with van der Waals surface area (Å²) in [5.74, 6) is -0.119.